The summed E-state index contributed by atoms with van der Waals surface area (Å²) < 4.78 is 40.9. The van der Waals surface area contributed by atoms with Gasteiger partial charge in [0, 0.05) is 40.4 Å². The standard InChI is InChI=1S/C16H18F2N2O2S/c1-10-7-14(19-9-16(5-6-16)23(2)21)12-8-11(22-15(17)18)3-4-13(12)20-10/h3-4,7-8,15H,5-6,9H2,1-2H3,(H,19,20). The van der Waals surface area contributed by atoms with Gasteiger partial charge in [-0.3, -0.25) is 9.19 Å². The Kier molecular flexibility index (Phi) is 4.23. The first-order valence-electron chi connectivity index (χ1n) is 7.33. The number of ether oxygens (including phenoxy) is 1. The summed E-state index contributed by atoms with van der Waals surface area (Å²) >= 11 is 0. The van der Waals surface area contributed by atoms with Gasteiger partial charge in [0.1, 0.15) is 5.75 Å². The lowest BCUT2D eigenvalue weighted by Crippen LogP contribution is -2.26. The predicted molar refractivity (Wildman–Crippen MR) is 87.6 cm³/mol. The smallest absolute Gasteiger partial charge is 0.387 e. The Morgan fingerprint density at radius 3 is 2.74 bits per heavy atom. The van der Waals surface area contributed by atoms with Gasteiger partial charge in [0.05, 0.1) is 10.3 Å². The van der Waals surface area contributed by atoms with Gasteiger partial charge < -0.3 is 10.1 Å². The largest absolute Gasteiger partial charge is 0.435 e. The molecule has 23 heavy (non-hydrogen) atoms. The van der Waals surface area contributed by atoms with E-state index in [1.807, 2.05) is 13.0 Å². The van der Waals surface area contributed by atoms with Crippen LogP contribution in [-0.4, -0.2) is 33.4 Å². The monoisotopic (exact) mass is 340 g/mol. The molecule has 1 heterocycles. The Morgan fingerprint density at radius 1 is 1.39 bits per heavy atom. The molecule has 1 aromatic heterocycles. The van der Waals surface area contributed by atoms with E-state index in [0.717, 1.165) is 24.2 Å². The highest BCUT2D eigenvalue weighted by molar-refractivity contribution is 7.86. The normalized spacial score (nSPS) is 17.3. The highest BCUT2D eigenvalue weighted by atomic mass is 32.2. The number of rotatable bonds is 6. The molecular weight excluding hydrogens is 322 g/mol. The minimum Gasteiger partial charge on any atom is -0.435 e. The number of aromatic nitrogens is 1. The van der Waals surface area contributed by atoms with Crippen molar-refractivity contribution in [1.82, 2.24) is 4.98 Å². The average molecular weight is 340 g/mol. The molecule has 0 aliphatic heterocycles. The van der Waals surface area contributed by atoms with Gasteiger partial charge in [-0.15, -0.1) is 0 Å². The van der Waals surface area contributed by atoms with E-state index < -0.39 is 17.4 Å². The zero-order valence-electron chi connectivity index (χ0n) is 12.9. The molecule has 0 amide bonds. The van der Waals surface area contributed by atoms with Gasteiger partial charge in [-0.25, -0.2) is 0 Å². The highest BCUT2D eigenvalue weighted by Gasteiger charge is 2.46. The Labute approximate surface area is 135 Å². The molecule has 7 heteroatoms. The molecule has 2 aromatic rings. The van der Waals surface area contributed by atoms with Crippen molar-refractivity contribution in [3.8, 4) is 5.75 Å². The van der Waals surface area contributed by atoms with Crippen molar-refractivity contribution in [3.05, 3.63) is 30.0 Å². The third-order valence-electron chi connectivity index (χ3n) is 4.15. The molecule has 1 unspecified atom stereocenters. The molecule has 124 valence electrons. The van der Waals surface area contributed by atoms with Crippen molar-refractivity contribution in [1.29, 1.82) is 0 Å². The Bertz CT molecular complexity index is 763. The molecule has 4 nitrogen and oxygen atoms in total. The minimum absolute atomic E-state index is 0.0985. The summed E-state index contributed by atoms with van der Waals surface area (Å²) in [4.78, 5) is 4.41. The van der Waals surface area contributed by atoms with Gasteiger partial charge in [-0.2, -0.15) is 8.78 Å². The summed E-state index contributed by atoms with van der Waals surface area (Å²) in [5, 5.41) is 4.03. The fourth-order valence-electron chi connectivity index (χ4n) is 2.62. The van der Waals surface area contributed by atoms with Gasteiger partial charge in [0.2, 0.25) is 0 Å². The molecule has 3 rings (SSSR count). The van der Waals surface area contributed by atoms with E-state index in [9.17, 15) is 13.0 Å². The summed E-state index contributed by atoms with van der Waals surface area (Å²) in [6, 6.07) is 6.56. The number of hydrogen-bond acceptors (Lipinski definition) is 4. The molecule has 1 N–H and O–H groups in total. The second-order valence-electron chi connectivity index (χ2n) is 5.86. The molecule has 0 radical (unpaired) electrons. The van der Waals surface area contributed by atoms with Crippen molar-refractivity contribution in [2.75, 3.05) is 18.1 Å². The summed E-state index contributed by atoms with van der Waals surface area (Å²) in [5.74, 6) is 0.0985. The Morgan fingerprint density at radius 2 is 2.13 bits per heavy atom. The number of benzene rings is 1. The third-order valence-corrected chi connectivity index (χ3v) is 5.92. The highest BCUT2D eigenvalue weighted by Crippen LogP contribution is 2.41. The summed E-state index contributed by atoms with van der Waals surface area (Å²) in [6.07, 6.45) is 3.59. The van der Waals surface area contributed by atoms with Crippen LogP contribution in [0.1, 0.15) is 18.5 Å². The van der Waals surface area contributed by atoms with Crippen LogP contribution in [0.5, 0.6) is 5.75 Å². The van der Waals surface area contributed by atoms with Crippen LogP contribution in [0.15, 0.2) is 24.3 Å². The van der Waals surface area contributed by atoms with Crippen molar-refractivity contribution in [2.45, 2.75) is 31.1 Å². The maximum Gasteiger partial charge on any atom is 0.387 e. The predicted octanol–water partition coefficient (Wildman–Crippen LogP) is 3.47. The lowest BCUT2D eigenvalue weighted by Gasteiger charge is -2.16. The van der Waals surface area contributed by atoms with E-state index in [2.05, 4.69) is 15.0 Å². The lowest BCUT2D eigenvalue weighted by molar-refractivity contribution is -0.0497. The van der Waals surface area contributed by atoms with E-state index in [0.29, 0.717) is 17.4 Å². The van der Waals surface area contributed by atoms with Crippen LogP contribution >= 0.6 is 0 Å². The zero-order valence-corrected chi connectivity index (χ0v) is 13.8. The molecular formula is C16H18F2N2O2S. The fraction of sp³-hybridized carbons (Fsp3) is 0.438. The van der Waals surface area contributed by atoms with Gasteiger partial charge in [-0.05, 0) is 44.0 Å². The van der Waals surface area contributed by atoms with Crippen molar-refractivity contribution in [2.24, 2.45) is 0 Å². The molecule has 0 saturated heterocycles. The molecule has 1 fully saturated rings. The van der Waals surface area contributed by atoms with Gasteiger partial charge in [-0.1, -0.05) is 0 Å². The Balaban J connectivity index is 1.92. The van der Waals surface area contributed by atoms with E-state index in [1.165, 1.54) is 6.07 Å². The second kappa shape index (κ2) is 6.03. The molecule has 0 spiro atoms. The first-order chi connectivity index (χ1) is 10.9. The molecule has 1 aliphatic rings. The van der Waals surface area contributed by atoms with Crippen molar-refractivity contribution in [3.63, 3.8) is 0 Å². The number of fused-ring (bicyclic) bond motifs is 1. The fourth-order valence-corrected chi connectivity index (χ4v) is 3.57. The maximum absolute atomic E-state index is 12.4. The number of pyridine rings is 1. The minimum atomic E-state index is -2.86. The average Bonchev–Trinajstić information content (AvgIpc) is 3.26. The number of nitrogens with zero attached hydrogens (tertiary/aromatic N) is 1. The summed E-state index contributed by atoms with van der Waals surface area (Å²) in [6.45, 7) is -0.396. The summed E-state index contributed by atoms with van der Waals surface area (Å²) in [7, 11) is -0.892. The SMILES string of the molecule is Cc1cc(NCC2(S(C)=O)CC2)c2cc(OC(F)F)ccc2n1. The van der Waals surface area contributed by atoms with Crippen molar-refractivity contribution >= 4 is 27.4 Å². The van der Waals surface area contributed by atoms with E-state index >= 15 is 0 Å². The molecule has 1 aromatic carbocycles. The molecule has 0 bridgehead atoms. The zero-order chi connectivity index (χ0) is 16.6. The lowest BCUT2D eigenvalue weighted by atomic mass is 10.1. The first kappa shape index (κ1) is 16.1. The van der Waals surface area contributed by atoms with Crippen molar-refractivity contribution < 1.29 is 17.7 Å². The van der Waals surface area contributed by atoms with Crippen LogP contribution in [0, 0.1) is 6.92 Å². The van der Waals surface area contributed by atoms with E-state index in [-0.39, 0.29) is 10.5 Å². The quantitative estimate of drug-likeness (QED) is 0.875. The number of nitrogens with one attached hydrogen (secondary N) is 1. The topological polar surface area (TPSA) is 51.2 Å². The number of alkyl halides is 2. The first-order valence-corrected chi connectivity index (χ1v) is 8.89. The third kappa shape index (κ3) is 3.44. The maximum atomic E-state index is 12.4. The Hall–Kier alpha value is -1.76. The number of aryl methyl sites for hydroxylation is 1. The van der Waals surface area contributed by atoms with E-state index in [1.54, 1.807) is 18.4 Å². The van der Waals surface area contributed by atoms with Crippen LogP contribution in [0.2, 0.25) is 0 Å². The molecule has 1 saturated carbocycles. The van der Waals surface area contributed by atoms with Crippen LogP contribution in [0.4, 0.5) is 14.5 Å². The van der Waals surface area contributed by atoms with Gasteiger partial charge in [0.15, 0.2) is 0 Å². The van der Waals surface area contributed by atoms with Gasteiger partial charge in [0.25, 0.3) is 0 Å². The van der Waals surface area contributed by atoms with Crippen LogP contribution < -0.4 is 10.1 Å². The van der Waals surface area contributed by atoms with E-state index in [4.69, 9.17) is 0 Å². The van der Waals surface area contributed by atoms with Crippen LogP contribution in [0.3, 0.4) is 0 Å². The number of halogens is 2. The molecule has 1 atom stereocenters. The summed E-state index contributed by atoms with van der Waals surface area (Å²) in [5.41, 5.74) is 2.32. The number of hydrogen-bond donors (Lipinski definition) is 1. The second-order valence-corrected chi connectivity index (χ2v) is 7.63. The van der Waals surface area contributed by atoms with Crippen LogP contribution in [0.25, 0.3) is 10.9 Å². The molecule has 1 aliphatic carbocycles. The number of anilines is 1. The van der Waals surface area contributed by atoms with Crippen LogP contribution in [-0.2, 0) is 10.8 Å². The van der Waals surface area contributed by atoms with Gasteiger partial charge >= 0.3 is 6.61 Å².